The first-order valence-electron chi connectivity index (χ1n) is 6.17. The number of alkyl halides is 3. The van der Waals surface area contributed by atoms with Crippen molar-refractivity contribution in [1.82, 2.24) is 4.98 Å². The molecule has 0 saturated carbocycles. The molecule has 112 valence electrons. The zero-order valence-corrected chi connectivity index (χ0v) is 11.7. The van der Waals surface area contributed by atoms with Crippen molar-refractivity contribution in [3.05, 3.63) is 53.0 Å². The first-order valence-corrected chi connectivity index (χ1v) is 6.99. The zero-order chi connectivity index (χ0) is 15.9. The minimum atomic E-state index is -4.58. The number of halogens is 3. The lowest BCUT2D eigenvalue weighted by Crippen LogP contribution is -2.07. The van der Waals surface area contributed by atoms with Crippen molar-refractivity contribution in [2.24, 2.45) is 0 Å². The fraction of sp³-hybridized carbons (Fsp3) is 0.0667. The van der Waals surface area contributed by atoms with Crippen LogP contribution in [-0.2, 0) is 6.18 Å². The highest BCUT2D eigenvalue weighted by Gasteiger charge is 2.33. The van der Waals surface area contributed by atoms with E-state index in [4.69, 9.17) is 0 Å². The van der Waals surface area contributed by atoms with Gasteiger partial charge in [-0.3, -0.25) is 0 Å². The quantitative estimate of drug-likeness (QED) is 0.745. The van der Waals surface area contributed by atoms with Crippen LogP contribution in [0.4, 0.5) is 13.2 Å². The predicted octanol–water partition coefficient (Wildman–Crippen LogP) is 4.68. The standard InChI is InChI=1S/C15H8F3NO2S/c16-15(17,18)10-7-6-9-12(19-10)11(13(22-9)14(20)21)8-4-2-1-3-5-8/h1-7H,(H,20,21). The van der Waals surface area contributed by atoms with Crippen molar-refractivity contribution >= 4 is 27.5 Å². The van der Waals surface area contributed by atoms with Crippen LogP contribution in [-0.4, -0.2) is 16.1 Å². The van der Waals surface area contributed by atoms with Crippen LogP contribution in [0, 0.1) is 0 Å². The van der Waals surface area contributed by atoms with Crippen molar-refractivity contribution in [3.63, 3.8) is 0 Å². The van der Waals surface area contributed by atoms with Crippen molar-refractivity contribution in [1.29, 1.82) is 0 Å². The Morgan fingerprint density at radius 3 is 2.36 bits per heavy atom. The summed E-state index contributed by atoms with van der Waals surface area (Å²) in [6, 6.07) is 10.5. The number of pyridine rings is 1. The van der Waals surface area contributed by atoms with Crippen LogP contribution in [0.15, 0.2) is 42.5 Å². The van der Waals surface area contributed by atoms with Crippen LogP contribution in [0.5, 0.6) is 0 Å². The number of hydrogen-bond acceptors (Lipinski definition) is 3. The fourth-order valence-electron chi connectivity index (χ4n) is 2.16. The van der Waals surface area contributed by atoms with Gasteiger partial charge in [0.1, 0.15) is 10.6 Å². The smallest absolute Gasteiger partial charge is 0.433 e. The number of carboxylic acid groups (broad SMARTS) is 1. The third-order valence-corrected chi connectivity index (χ3v) is 4.21. The van der Waals surface area contributed by atoms with Crippen LogP contribution >= 0.6 is 11.3 Å². The number of hydrogen-bond donors (Lipinski definition) is 1. The number of carboxylic acids is 1. The van der Waals surface area contributed by atoms with Gasteiger partial charge in [0.15, 0.2) is 0 Å². The minimum absolute atomic E-state index is 0.0203. The van der Waals surface area contributed by atoms with Gasteiger partial charge in [-0.2, -0.15) is 13.2 Å². The highest BCUT2D eigenvalue weighted by molar-refractivity contribution is 7.21. The van der Waals surface area contributed by atoms with E-state index in [2.05, 4.69) is 4.98 Å². The van der Waals surface area contributed by atoms with Gasteiger partial charge >= 0.3 is 12.1 Å². The molecule has 2 heterocycles. The summed E-state index contributed by atoms with van der Waals surface area (Å²) >= 11 is 0.917. The molecule has 0 saturated heterocycles. The molecule has 0 aliphatic heterocycles. The van der Waals surface area contributed by atoms with Crippen molar-refractivity contribution in [2.45, 2.75) is 6.18 Å². The summed E-state index contributed by atoms with van der Waals surface area (Å²) in [6.07, 6.45) is -4.58. The molecule has 0 bridgehead atoms. The highest BCUT2D eigenvalue weighted by Crippen LogP contribution is 2.39. The van der Waals surface area contributed by atoms with Gasteiger partial charge in [-0.1, -0.05) is 30.3 Å². The highest BCUT2D eigenvalue weighted by atomic mass is 32.1. The molecule has 1 N–H and O–H groups in total. The number of thiophene rings is 1. The molecule has 0 aliphatic carbocycles. The average molecular weight is 323 g/mol. The molecule has 0 radical (unpaired) electrons. The van der Waals surface area contributed by atoms with Gasteiger partial charge in [-0.05, 0) is 17.7 Å². The number of aromatic nitrogens is 1. The maximum Gasteiger partial charge on any atom is 0.433 e. The first-order chi connectivity index (χ1) is 10.4. The van der Waals surface area contributed by atoms with E-state index in [0.29, 0.717) is 10.3 Å². The topological polar surface area (TPSA) is 50.2 Å². The summed E-state index contributed by atoms with van der Waals surface area (Å²) in [7, 11) is 0. The van der Waals surface area contributed by atoms with Crippen LogP contribution in [0.25, 0.3) is 21.3 Å². The molecule has 3 aromatic rings. The number of nitrogens with zero attached hydrogens (tertiary/aromatic N) is 1. The average Bonchev–Trinajstić information content (AvgIpc) is 2.86. The second-order valence-corrected chi connectivity index (χ2v) is 5.57. The molecule has 0 unspecified atom stereocenters. The molecule has 1 aromatic carbocycles. The Bertz CT molecular complexity index is 856. The Morgan fingerprint density at radius 1 is 1.09 bits per heavy atom. The van der Waals surface area contributed by atoms with E-state index < -0.39 is 17.8 Å². The number of rotatable bonds is 2. The molecular weight excluding hydrogens is 315 g/mol. The predicted molar refractivity (Wildman–Crippen MR) is 77.0 cm³/mol. The summed E-state index contributed by atoms with van der Waals surface area (Å²) in [4.78, 5) is 15.0. The summed E-state index contributed by atoms with van der Waals surface area (Å²) in [5.74, 6) is -1.18. The van der Waals surface area contributed by atoms with Crippen molar-refractivity contribution < 1.29 is 23.1 Å². The van der Waals surface area contributed by atoms with Gasteiger partial charge in [0.25, 0.3) is 0 Å². The third kappa shape index (κ3) is 2.43. The molecule has 22 heavy (non-hydrogen) atoms. The zero-order valence-electron chi connectivity index (χ0n) is 10.9. The summed E-state index contributed by atoms with van der Waals surface area (Å²) in [6.45, 7) is 0. The number of fused-ring (bicyclic) bond motifs is 1. The van der Waals surface area contributed by atoms with E-state index in [1.807, 2.05) is 0 Å². The van der Waals surface area contributed by atoms with Gasteiger partial charge in [-0.15, -0.1) is 11.3 Å². The lowest BCUT2D eigenvalue weighted by atomic mass is 10.0. The second-order valence-electron chi connectivity index (χ2n) is 4.52. The van der Waals surface area contributed by atoms with Gasteiger partial charge < -0.3 is 5.11 Å². The molecule has 0 atom stereocenters. The molecule has 3 rings (SSSR count). The molecular formula is C15H8F3NO2S. The lowest BCUT2D eigenvalue weighted by molar-refractivity contribution is -0.140. The van der Waals surface area contributed by atoms with E-state index in [9.17, 15) is 23.1 Å². The normalized spacial score (nSPS) is 11.8. The van der Waals surface area contributed by atoms with Gasteiger partial charge in [0.2, 0.25) is 0 Å². The second kappa shape index (κ2) is 5.10. The fourth-order valence-corrected chi connectivity index (χ4v) is 3.16. The number of benzene rings is 1. The van der Waals surface area contributed by atoms with E-state index in [1.54, 1.807) is 30.3 Å². The largest absolute Gasteiger partial charge is 0.477 e. The SMILES string of the molecule is O=C(O)c1sc2ccc(C(F)(F)F)nc2c1-c1ccccc1. The Balaban J connectivity index is 2.35. The molecule has 3 nitrogen and oxygen atoms in total. The monoisotopic (exact) mass is 323 g/mol. The minimum Gasteiger partial charge on any atom is -0.477 e. The van der Waals surface area contributed by atoms with E-state index >= 15 is 0 Å². The van der Waals surface area contributed by atoms with Crippen molar-refractivity contribution in [2.75, 3.05) is 0 Å². The summed E-state index contributed by atoms with van der Waals surface area (Å²) in [5.41, 5.74) is -0.229. The van der Waals surface area contributed by atoms with Crippen molar-refractivity contribution in [3.8, 4) is 11.1 Å². The Labute approximate surface area is 126 Å². The molecule has 0 spiro atoms. The Morgan fingerprint density at radius 2 is 1.77 bits per heavy atom. The van der Waals surface area contributed by atoms with Gasteiger partial charge in [0.05, 0.1) is 10.2 Å². The van der Waals surface area contributed by atoms with Gasteiger partial charge in [0, 0.05) is 5.56 Å². The summed E-state index contributed by atoms with van der Waals surface area (Å²) < 4.78 is 38.9. The lowest BCUT2D eigenvalue weighted by Gasteiger charge is -2.06. The number of carbonyl (C=O) groups is 1. The van der Waals surface area contributed by atoms with Crippen LogP contribution in [0.2, 0.25) is 0 Å². The molecule has 0 amide bonds. The molecule has 2 aromatic heterocycles. The summed E-state index contributed by atoms with van der Waals surface area (Å²) in [5, 5.41) is 9.32. The van der Waals surface area contributed by atoms with E-state index in [1.165, 1.54) is 6.07 Å². The first kappa shape index (κ1) is 14.5. The molecule has 0 fully saturated rings. The number of aromatic carboxylic acids is 1. The molecule has 0 aliphatic rings. The van der Waals surface area contributed by atoms with Gasteiger partial charge in [-0.25, -0.2) is 9.78 Å². The van der Waals surface area contributed by atoms with E-state index in [0.717, 1.165) is 17.4 Å². The molecule has 7 heteroatoms. The van der Waals surface area contributed by atoms with E-state index in [-0.39, 0.29) is 16.0 Å². The maximum absolute atomic E-state index is 12.8. The van der Waals surface area contributed by atoms with Crippen LogP contribution in [0.1, 0.15) is 15.4 Å². The Hall–Kier alpha value is -2.41. The van der Waals surface area contributed by atoms with Crippen LogP contribution in [0.3, 0.4) is 0 Å². The Kier molecular flexibility index (Phi) is 3.37. The third-order valence-electron chi connectivity index (χ3n) is 3.08. The van der Waals surface area contributed by atoms with Crippen LogP contribution < -0.4 is 0 Å². The maximum atomic E-state index is 12.8.